The fourth-order valence-corrected chi connectivity index (χ4v) is 2.99. The zero-order valence-electron chi connectivity index (χ0n) is 15.9. The Bertz CT molecular complexity index is 1140. The van der Waals surface area contributed by atoms with Crippen LogP contribution in [0.3, 0.4) is 0 Å². The third kappa shape index (κ3) is 4.72. The fraction of sp³-hybridized carbons (Fsp3) is 0.150. The van der Waals surface area contributed by atoms with Gasteiger partial charge < -0.3 is 19.4 Å². The normalized spacial score (nSPS) is 10.5. The molecule has 0 fully saturated rings. The number of halogens is 3. The summed E-state index contributed by atoms with van der Waals surface area (Å²) in [6, 6.07) is 7.92. The van der Waals surface area contributed by atoms with E-state index in [1.165, 1.54) is 12.4 Å². The van der Waals surface area contributed by atoms with Crippen LogP contribution in [0.5, 0.6) is 11.5 Å². The quantitative estimate of drug-likeness (QED) is 0.433. The summed E-state index contributed by atoms with van der Waals surface area (Å²) in [5.41, 5.74) is 0.893. The minimum atomic E-state index is -0.476. The van der Waals surface area contributed by atoms with Crippen LogP contribution < -0.4 is 14.8 Å². The molecule has 0 atom stereocenters. The molecule has 4 rings (SSSR count). The van der Waals surface area contributed by atoms with Crippen molar-refractivity contribution in [2.24, 2.45) is 0 Å². The van der Waals surface area contributed by atoms with Crippen molar-refractivity contribution in [3.8, 4) is 11.5 Å². The molecule has 7 nitrogen and oxygen atoms in total. The summed E-state index contributed by atoms with van der Waals surface area (Å²) in [4.78, 5) is 12.5. The van der Waals surface area contributed by atoms with Gasteiger partial charge >= 0.3 is 0 Å². The van der Waals surface area contributed by atoms with Crippen LogP contribution in [-0.4, -0.2) is 33.2 Å². The van der Waals surface area contributed by atoms with Crippen molar-refractivity contribution in [3.63, 3.8) is 0 Å². The highest BCUT2D eigenvalue weighted by atomic mass is 35.5. The summed E-state index contributed by atoms with van der Waals surface area (Å²) >= 11 is 5.82. The molecule has 1 N–H and O–H groups in total. The van der Waals surface area contributed by atoms with E-state index in [0.717, 1.165) is 0 Å². The Morgan fingerprint density at radius 3 is 2.77 bits per heavy atom. The fourth-order valence-electron chi connectivity index (χ4n) is 2.83. The Balaban J connectivity index is 0.00000256. The smallest absolute Gasteiger partial charge is 0.163 e. The molecule has 30 heavy (non-hydrogen) atoms. The highest BCUT2D eigenvalue weighted by Gasteiger charge is 2.13. The number of rotatable bonds is 7. The molecule has 0 bridgehead atoms. The number of anilines is 2. The van der Waals surface area contributed by atoms with E-state index < -0.39 is 5.82 Å². The molecule has 0 amide bonds. The summed E-state index contributed by atoms with van der Waals surface area (Å²) < 4.78 is 27.4. The number of nitrogens with one attached hydrogen (secondary N) is 1. The molecular formula is C20H18Cl2FN5O2. The molecule has 0 saturated carbocycles. The minimum Gasteiger partial charge on any atom is -0.493 e. The van der Waals surface area contributed by atoms with Gasteiger partial charge in [0, 0.05) is 28.9 Å². The van der Waals surface area contributed by atoms with E-state index in [9.17, 15) is 4.39 Å². The van der Waals surface area contributed by atoms with Gasteiger partial charge in [0.05, 0.1) is 31.2 Å². The van der Waals surface area contributed by atoms with Crippen LogP contribution in [0.4, 0.5) is 15.9 Å². The van der Waals surface area contributed by atoms with Crippen LogP contribution in [0.15, 0.2) is 55.4 Å². The number of hydrogen-bond acceptors (Lipinski definition) is 6. The average molecular weight is 450 g/mol. The maximum atomic E-state index is 14.2. The van der Waals surface area contributed by atoms with Gasteiger partial charge in [0.1, 0.15) is 24.6 Å². The van der Waals surface area contributed by atoms with Crippen LogP contribution in [0.25, 0.3) is 10.9 Å². The molecule has 4 aromatic rings. The number of benzene rings is 2. The summed E-state index contributed by atoms with van der Waals surface area (Å²) in [6.45, 7) is 1.08. The highest BCUT2D eigenvalue weighted by Crippen LogP contribution is 2.35. The van der Waals surface area contributed by atoms with Crippen molar-refractivity contribution in [1.82, 2.24) is 19.5 Å². The second kappa shape index (κ2) is 9.60. The zero-order chi connectivity index (χ0) is 20.2. The molecule has 0 unspecified atom stereocenters. The van der Waals surface area contributed by atoms with E-state index in [4.69, 9.17) is 21.1 Å². The van der Waals surface area contributed by atoms with Crippen LogP contribution in [0, 0.1) is 5.82 Å². The van der Waals surface area contributed by atoms with E-state index in [2.05, 4.69) is 20.3 Å². The third-order valence-electron chi connectivity index (χ3n) is 4.27. The van der Waals surface area contributed by atoms with Gasteiger partial charge in [0.25, 0.3) is 0 Å². The number of imidazole rings is 1. The molecule has 2 heterocycles. The van der Waals surface area contributed by atoms with Crippen molar-refractivity contribution in [1.29, 1.82) is 0 Å². The molecule has 0 radical (unpaired) electrons. The van der Waals surface area contributed by atoms with Crippen LogP contribution >= 0.6 is 24.0 Å². The van der Waals surface area contributed by atoms with E-state index in [1.54, 1.807) is 43.9 Å². The summed E-state index contributed by atoms with van der Waals surface area (Å²) in [6.07, 6.45) is 6.70. The molecule has 156 valence electrons. The number of fused-ring (bicyclic) bond motifs is 1. The Hall–Kier alpha value is -3.10. The lowest BCUT2D eigenvalue weighted by Gasteiger charge is -2.14. The lowest BCUT2D eigenvalue weighted by molar-refractivity contribution is 0.280. The SMILES string of the molecule is COc1cc2c(Nc3ccc(Cl)cc3F)ncnc2cc1OCCn1ccnc1.Cl. The molecule has 10 heteroatoms. The molecule has 0 spiro atoms. The second-order valence-corrected chi connectivity index (χ2v) is 6.58. The summed E-state index contributed by atoms with van der Waals surface area (Å²) in [5.74, 6) is 1.05. The number of methoxy groups -OCH3 is 1. The van der Waals surface area contributed by atoms with Crippen molar-refractivity contribution < 1.29 is 13.9 Å². The number of aromatic nitrogens is 4. The van der Waals surface area contributed by atoms with Crippen LogP contribution in [-0.2, 0) is 6.54 Å². The monoisotopic (exact) mass is 449 g/mol. The number of nitrogens with zero attached hydrogens (tertiary/aromatic N) is 4. The van der Waals surface area contributed by atoms with Gasteiger partial charge in [-0.05, 0) is 24.3 Å². The van der Waals surface area contributed by atoms with Crippen molar-refractivity contribution >= 4 is 46.4 Å². The van der Waals surface area contributed by atoms with Gasteiger partial charge in [-0.1, -0.05) is 11.6 Å². The maximum absolute atomic E-state index is 14.2. The predicted molar refractivity (Wildman–Crippen MR) is 116 cm³/mol. The summed E-state index contributed by atoms with van der Waals surface area (Å²) in [7, 11) is 1.56. The molecular weight excluding hydrogens is 432 g/mol. The molecule has 2 aromatic carbocycles. The lowest BCUT2D eigenvalue weighted by Crippen LogP contribution is -2.07. The van der Waals surface area contributed by atoms with Gasteiger partial charge in [-0.2, -0.15) is 0 Å². The second-order valence-electron chi connectivity index (χ2n) is 6.14. The van der Waals surface area contributed by atoms with Gasteiger partial charge in [0.2, 0.25) is 0 Å². The Morgan fingerprint density at radius 1 is 1.17 bits per heavy atom. The van der Waals surface area contributed by atoms with Gasteiger partial charge in [-0.3, -0.25) is 0 Å². The van der Waals surface area contributed by atoms with Gasteiger partial charge in [-0.25, -0.2) is 19.3 Å². The first-order valence-electron chi connectivity index (χ1n) is 8.77. The van der Waals surface area contributed by atoms with Crippen LogP contribution in [0.2, 0.25) is 5.02 Å². The van der Waals surface area contributed by atoms with Crippen molar-refractivity contribution in [2.45, 2.75) is 6.54 Å². The lowest BCUT2D eigenvalue weighted by atomic mass is 10.2. The molecule has 0 aliphatic carbocycles. The van der Waals surface area contributed by atoms with E-state index in [1.807, 2.05) is 10.8 Å². The molecule has 0 saturated heterocycles. The average Bonchev–Trinajstić information content (AvgIpc) is 3.23. The first-order valence-corrected chi connectivity index (χ1v) is 9.15. The third-order valence-corrected chi connectivity index (χ3v) is 4.51. The largest absolute Gasteiger partial charge is 0.493 e. The topological polar surface area (TPSA) is 74.1 Å². The number of ether oxygens (including phenoxy) is 2. The molecule has 0 aliphatic heterocycles. The Labute approximate surface area is 183 Å². The van der Waals surface area contributed by atoms with Crippen LogP contribution in [0.1, 0.15) is 0 Å². The van der Waals surface area contributed by atoms with E-state index >= 15 is 0 Å². The number of hydrogen-bond donors (Lipinski definition) is 1. The zero-order valence-corrected chi connectivity index (χ0v) is 17.5. The van der Waals surface area contributed by atoms with E-state index in [0.29, 0.717) is 46.4 Å². The summed E-state index contributed by atoms with van der Waals surface area (Å²) in [5, 5.41) is 3.97. The van der Waals surface area contributed by atoms with Gasteiger partial charge in [0.15, 0.2) is 11.5 Å². The predicted octanol–water partition coefficient (Wildman–Crippen LogP) is 4.87. The van der Waals surface area contributed by atoms with Gasteiger partial charge in [-0.15, -0.1) is 12.4 Å². The first kappa shape index (κ1) is 21.6. The van der Waals surface area contributed by atoms with E-state index in [-0.39, 0.29) is 18.1 Å². The standard InChI is InChI=1S/C20H17ClFN5O2.ClH/c1-28-18-9-14-17(10-19(18)29-7-6-27-5-4-23-12-27)24-11-25-20(14)26-16-3-2-13(21)8-15(16)22;/h2-5,8-12H,6-7H2,1H3,(H,24,25,26);1H. The Kier molecular flexibility index (Phi) is 6.91. The van der Waals surface area contributed by atoms with Crippen molar-refractivity contribution in [3.05, 3.63) is 66.2 Å². The minimum absolute atomic E-state index is 0. The highest BCUT2D eigenvalue weighted by molar-refractivity contribution is 6.30. The molecule has 2 aromatic heterocycles. The van der Waals surface area contributed by atoms with Crippen molar-refractivity contribution in [2.75, 3.05) is 19.0 Å². The Morgan fingerprint density at radius 2 is 2.03 bits per heavy atom. The maximum Gasteiger partial charge on any atom is 0.163 e. The first-order chi connectivity index (χ1) is 14.1. The molecule has 0 aliphatic rings.